The molecule has 0 N–H and O–H groups in total. The zero-order chi connectivity index (χ0) is 18.6. The SMILES string of the molecule is COC(=O)c1ccc(OC(=O)c2cc(Br)ccc2OC(C)C)c(Br)c1. The maximum atomic E-state index is 12.6. The van der Waals surface area contributed by atoms with Gasteiger partial charge in [-0.25, -0.2) is 9.59 Å². The molecular weight excluding hydrogens is 456 g/mol. The van der Waals surface area contributed by atoms with Gasteiger partial charge in [-0.05, 0) is 66.2 Å². The van der Waals surface area contributed by atoms with Crippen LogP contribution in [0.2, 0.25) is 0 Å². The molecule has 0 aromatic heterocycles. The number of carbonyl (C=O) groups is 2. The van der Waals surface area contributed by atoms with Crippen molar-refractivity contribution in [3.63, 3.8) is 0 Å². The third-order valence-corrected chi connectivity index (χ3v) is 4.19. The van der Waals surface area contributed by atoms with E-state index < -0.39 is 11.9 Å². The molecule has 0 saturated heterocycles. The summed E-state index contributed by atoms with van der Waals surface area (Å²) in [6.45, 7) is 3.75. The van der Waals surface area contributed by atoms with Gasteiger partial charge in [0.05, 0.1) is 23.2 Å². The van der Waals surface area contributed by atoms with E-state index in [1.54, 1.807) is 18.2 Å². The van der Waals surface area contributed by atoms with Crippen LogP contribution in [0.5, 0.6) is 11.5 Å². The highest BCUT2D eigenvalue weighted by atomic mass is 79.9. The first-order chi connectivity index (χ1) is 11.8. The minimum absolute atomic E-state index is 0.0844. The average molecular weight is 472 g/mol. The minimum Gasteiger partial charge on any atom is -0.490 e. The number of methoxy groups -OCH3 is 1. The lowest BCUT2D eigenvalue weighted by molar-refractivity contribution is 0.0600. The second-order valence-electron chi connectivity index (χ2n) is 5.33. The van der Waals surface area contributed by atoms with Crippen molar-refractivity contribution in [3.8, 4) is 11.5 Å². The average Bonchev–Trinajstić information content (AvgIpc) is 2.57. The third kappa shape index (κ3) is 5.06. The molecule has 0 aliphatic heterocycles. The van der Waals surface area contributed by atoms with E-state index >= 15 is 0 Å². The fraction of sp³-hybridized carbons (Fsp3) is 0.222. The van der Waals surface area contributed by atoms with Gasteiger partial charge in [0.15, 0.2) is 0 Å². The summed E-state index contributed by atoms with van der Waals surface area (Å²) in [5.41, 5.74) is 0.646. The predicted molar refractivity (Wildman–Crippen MR) is 100 cm³/mol. The second-order valence-corrected chi connectivity index (χ2v) is 7.10. The molecule has 25 heavy (non-hydrogen) atoms. The summed E-state index contributed by atoms with van der Waals surface area (Å²) in [4.78, 5) is 24.1. The fourth-order valence-corrected chi connectivity index (χ4v) is 2.82. The first-order valence-corrected chi connectivity index (χ1v) is 8.96. The molecule has 0 amide bonds. The number of hydrogen-bond donors (Lipinski definition) is 0. The van der Waals surface area contributed by atoms with Crippen LogP contribution < -0.4 is 9.47 Å². The smallest absolute Gasteiger partial charge is 0.347 e. The van der Waals surface area contributed by atoms with Crippen molar-refractivity contribution in [1.82, 2.24) is 0 Å². The molecule has 2 aromatic carbocycles. The van der Waals surface area contributed by atoms with Crippen LogP contribution in [-0.2, 0) is 4.74 Å². The molecule has 0 spiro atoms. The van der Waals surface area contributed by atoms with Crippen LogP contribution in [0.15, 0.2) is 45.3 Å². The molecule has 132 valence electrons. The van der Waals surface area contributed by atoms with Gasteiger partial charge in [0.2, 0.25) is 0 Å². The van der Waals surface area contributed by atoms with E-state index in [4.69, 9.17) is 9.47 Å². The lowest BCUT2D eigenvalue weighted by Crippen LogP contribution is -2.14. The Morgan fingerprint density at radius 2 is 1.64 bits per heavy atom. The molecular formula is C18H16Br2O5. The van der Waals surface area contributed by atoms with E-state index in [0.29, 0.717) is 21.3 Å². The fourth-order valence-electron chi connectivity index (χ4n) is 2.00. The van der Waals surface area contributed by atoms with E-state index in [1.807, 2.05) is 13.8 Å². The molecule has 0 saturated carbocycles. The topological polar surface area (TPSA) is 61.8 Å². The second kappa shape index (κ2) is 8.49. The molecule has 0 atom stereocenters. The largest absolute Gasteiger partial charge is 0.490 e. The van der Waals surface area contributed by atoms with E-state index in [-0.39, 0.29) is 11.9 Å². The molecule has 0 fully saturated rings. The van der Waals surface area contributed by atoms with Gasteiger partial charge in [0.1, 0.15) is 17.1 Å². The highest BCUT2D eigenvalue weighted by Crippen LogP contribution is 2.30. The Labute approximate surface area is 162 Å². The van der Waals surface area contributed by atoms with Crippen LogP contribution in [0.4, 0.5) is 0 Å². The van der Waals surface area contributed by atoms with Gasteiger partial charge in [0.25, 0.3) is 0 Å². The summed E-state index contributed by atoms with van der Waals surface area (Å²) >= 11 is 6.63. The van der Waals surface area contributed by atoms with Crippen molar-refractivity contribution >= 4 is 43.8 Å². The van der Waals surface area contributed by atoms with Crippen LogP contribution >= 0.6 is 31.9 Å². The maximum Gasteiger partial charge on any atom is 0.347 e. The molecule has 0 heterocycles. The minimum atomic E-state index is -0.566. The Hall–Kier alpha value is -1.86. The lowest BCUT2D eigenvalue weighted by atomic mass is 10.2. The van der Waals surface area contributed by atoms with E-state index in [9.17, 15) is 9.59 Å². The molecule has 0 unspecified atom stereocenters. The first kappa shape index (κ1) is 19.5. The number of hydrogen-bond acceptors (Lipinski definition) is 5. The van der Waals surface area contributed by atoms with Crippen molar-refractivity contribution in [1.29, 1.82) is 0 Å². The van der Waals surface area contributed by atoms with Crippen molar-refractivity contribution in [2.24, 2.45) is 0 Å². The summed E-state index contributed by atoms with van der Waals surface area (Å²) < 4.78 is 17.0. The normalized spacial score (nSPS) is 10.5. The van der Waals surface area contributed by atoms with Gasteiger partial charge < -0.3 is 14.2 Å². The number of carbonyl (C=O) groups excluding carboxylic acids is 2. The Bertz CT molecular complexity index is 802. The van der Waals surface area contributed by atoms with Crippen LogP contribution in [0.25, 0.3) is 0 Å². The molecule has 0 bridgehead atoms. The number of ether oxygens (including phenoxy) is 3. The van der Waals surface area contributed by atoms with E-state index in [0.717, 1.165) is 4.47 Å². The highest BCUT2D eigenvalue weighted by Gasteiger charge is 2.18. The number of benzene rings is 2. The molecule has 7 heteroatoms. The summed E-state index contributed by atoms with van der Waals surface area (Å²) in [7, 11) is 1.30. The zero-order valence-corrected chi connectivity index (χ0v) is 17.0. The van der Waals surface area contributed by atoms with Crippen LogP contribution in [-0.4, -0.2) is 25.2 Å². The Morgan fingerprint density at radius 1 is 0.960 bits per heavy atom. The monoisotopic (exact) mass is 470 g/mol. The standard InChI is InChI=1S/C18H16Br2O5/c1-10(2)24-15-7-5-12(19)9-13(15)18(22)25-16-6-4-11(8-14(16)20)17(21)23-3/h4-10H,1-3H3. The summed E-state index contributed by atoms with van der Waals surface area (Å²) in [5, 5.41) is 0. The molecule has 2 aromatic rings. The van der Waals surface area contributed by atoms with Gasteiger partial charge in [-0.3, -0.25) is 0 Å². The quantitative estimate of drug-likeness (QED) is 0.453. The highest BCUT2D eigenvalue weighted by molar-refractivity contribution is 9.10. The van der Waals surface area contributed by atoms with Crippen molar-refractivity contribution < 1.29 is 23.8 Å². The van der Waals surface area contributed by atoms with Gasteiger partial charge in [-0.1, -0.05) is 15.9 Å². The summed E-state index contributed by atoms with van der Waals surface area (Å²) in [6, 6.07) is 9.70. The van der Waals surface area contributed by atoms with Crippen LogP contribution in [0.1, 0.15) is 34.6 Å². The maximum absolute atomic E-state index is 12.6. The van der Waals surface area contributed by atoms with Gasteiger partial charge >= 0.3 is 11.9 Å². The van der Waals surface area contributed by atoms with Crippen molar-refractivity contribution in [2.75, 3.05) is 7.11 Å². The Balaban J connectivity index is 2.28. The lowest BCUT2D eigenvalue weighted by Gasteiger charge is -2.14. The molecule has 0 radical (unpaired) electrons. The van der Waals surface area contributed by atoms with Crippen molar-refractivity contribution in [3.05, 3.63) is 56.5 Å². The van der Waals surface area contributed by atoms with Gasteiger partial charge in [0, 0.05) is 4.47 Å². The van der Waals surface area contributed by atoms with Crippen LogP contribution in [0, 0.1) is 0 Å². The van der Waals surface area contributed by atoms with Crippen molar-refractivity contribution in [2.45, 2.75) is 20.0 Å². The van der Waals surface area contributed by atoms with E-state index in [2.05, 4.69) is 36.6 Å². The molecule has 0 aliphatic rings. The van der Waals surface area contributed by atoms with Crippen LogP contribution in [0.3, 0.4) is 0 Å². The first-order valence-electron chi connectivity index (χ1n) is 7.38. The predicted octanol–water partition coefficient (Wildman–Crippen LogP) is 5.00. The Morgan fingerprint density at radius 3 is 2.24 bits per heavy atom. The summed E-state index contributed by atoms with van der Waals surface area (Å²) in [5.74, 6) is -0.319. The number of halogens is 2. The summed E-state index contributed by atoms with van der Waals surface area (Å²) in [6.07, 6.45) is -0.0844. The third-order valence-electron chi connectivity index (χ3n) is 3.08. The Kier molecular flexibility index (Phi) is 6.61. The molecule has 5 nitrogen and oxygen atoms in total. The number of rotatable bonds is 5. The zero-order valence-electron chi connectivity index (χ0n) is 13.8. The molecule has 0 aliphatic carbocycles. The van der Waals surface area contributed by atoms with Gasteiger partial charge in [-0.15, -0.1) is 0 Å². The van der Waals surface area contributed by atoms with E-state index in [1.165, 1.54) is 25.3 Å². The number of esters is 2. The van der Waals surface area contributed by atoms with Gasteiger partial charge in [-0.2, -0.15) is 0 Å². The molecule has 2 rings (SSSR count).